The molecule has 3 aromatic heterocycles. The number of hydrogen-bond donors (Lipinski definition) is 1. The summed E-state index contributed by atoms with van der Waals surface area (Å²) >= 11 is 1.37. The lowest BCUT2D eigenvalue weighted by atomic mass is 10.1. The number of fused-ring (bicyclic) bond motifs is 2. The third kappa shape index (κ3) is 3.47. The molecule has 0 atom stereocenters. The van der Waals surface area contributed by atoms with Gasteiger partial charge in [-0.25, -0.2) is 9.78 Å². The molecule has 0 saturated heterocycles. The third-order valence-electron chi connectivity index (χ3n) is 4.59. The molecule has 0 bridgehead atoms. The number of amides is 1. The fourth-order valence-corrected chi connectivity index (χ4v) is 4.31. The molecule has 3 heterocycles. The molecule has 29 heavy (non-hydrogen) atoms. The summed E-state index contributed by atoms with van der Waals surface area (Å²) < 4.78 is 7.70. The molecular formula is C21H20N4O3S. The first kappa shape index (κ1) is 19.1. The lowest BCUT2D eigenvalue weighted by molar-refractivity contribution is 0.0532. The highest BCUT2D eigenvalue weighted by atomic mass is 32.1. The van der Waals surface area contributed by atoms with Gasteiger partial charge in [0.05, 0.1) is 23.3 Å². The van der Waals surface area contributed by atoms with Gasteiger partial charge in [0.1, 0.15) is 4.88 Å². The number of ether oxygens (including phenoxy) is 1. The first-order valence-electron chi connectivity index (χ1n) is 9.20. The molecule has 0 aliphatic carbocycles. The summed E-state index contributed by atoms with van der Waals surface area (Å²) in [6, 6.07) is 9.13. The van der Waals surface area contributed by atoms with Crippen molar-refractivity contribution in [3.8, 4) is 0 Å². The minimum Gasteiger partial charge on any atom is -0.462 e. The molecular weight excluding hydrogens is 388 g/mol. The molecule has 148 valence electrons. The number of aryl methyl sites for hydroxylation is 3. The van der Waals surface area contributed by atoms with Crippen molar-refractivity contribution in [2.24, 2.45) is 7.05 Å². The summed E-state index contributed by atoms with van der Waals surface area (Å²) in [7, 11) is 1.81. The zero-order valence-electron chi connectivity index (χ0n) is 16.6. The number of carbonyl (C=O) groups excluding carboxylic acids is 2. The van der Waals surface area contributed by atoms with Gasteiger partial charge in [-0.05, 0) is 56.5 Å². The maximum Gasteiger partial charge on any atom is 0.348 e. The van der Waals surface area contributed by atoms with Crippen molar-refractivity contribution in [1.82, 2.24) is 14.8 Å². The molecule has 0 aliphatic heterocycles. The van der Waals surface area contributed by atoms with Crippen LogP contribution < -0.4 is 5.32 Å². The maximum absolute atomic E-state index is 13.0. The largest absolute Gasteiger partial charge is 0.462 e. The number of pyridine rings is 1. The van der Waals surface area contributed by atoms with Gasteiger partial charge in [0.2, 0.25) is 0 Å². The van der Waals surface area contributed by atoms with Gasteiger partial charge in [-0.15, -0.1) is 11.3 Å². The smallest absolute Gasteiger partial charge is 0.348 e. The molecule has 1 N–H and O–H groups in total. The van der Waals surface area contributed by atoms with Crippen LogP contribution in [-0.2, 0) is 11.8 Å². The standard InChI is InChI=1S/C21H20N4O3S/c1-5-28-21(27)17-10-13-9-14(6-7-16(13)29-17)23-20(26)15-8-11(2)22-19-18(15)12(3)24-25(19)4/h6-10H,5H2,1-4H3,(H,23,26). The van der Waals surface area contributed by atoms with Crippen LogP contribution in [0.4, 0.5) is 5.69 Å². The fraction of sp³-hybridized carbons (Fsp3) is 0.238. The van der Waals surface area contributed by atoms with E-state index in [1.165, 1.54) is 11.3 Å². The van der Waals surface area contributed by atoms with E-state index in [4.69, 9.17) is 4.74 Å². The number of benzene rings is 1. The van der Waals surface area contributed by atoms with Crippen molar-refractivity contribution in [1.29, 1.82) is 0 Å². The second-order valence-corrected chi connectivity index (χ2v) is 7.84. The van der Waals surface area contributed by atoms with Gasteiger partial charge in [0, 0.05) is 23.1 Å². The van der Waals surface area contributed by atoms with Gasteiger partial charge in [0.15, 0.2) is 5.65 Å². The monoisotopic (exact) mass is 408 g/mol. The number of carbonyl (C=O) groups is 2. The Balaban J connectivity index is 1.67. The zero-order chi connectivity index (χ0) is 20.7. The van der Waals surface area contributed by atoms with Crippen molar-refractivity contribution in [3.05, 3.63) is 52.2 Å². The molecule has 0 fully saturated rings. The van der Waals surface area contributed by atoms with E-state index in [2.05, 4.69) is 15.4 Å². The Labute approximate surface area is 171 Å². The van der Waals surface area contributed by atoms with E-state index in [-0.39, 0.29) is 11.9 Å². The average Bonchev–Trinajstić information content (AvgIpc) is 3.22. The average molecular weight is 408 g/mol. The lowest BCUT2D eigenvalue weighted by Gasteiger charge is -2.08. The van der Waals surface area contributed by atoms with Crippen molar-refractivity contribution >= 4 is 50.0 Å². The Kier molecular flexibility index (Phi) is 4.79. The van der Waals surface area contributed by atoms with Crippen LogP contribution in [0.2, 0.25) is 0 Å². The predicted octanol–water partition coefficient (Wildman–Crippen LogP) is 4.23. The van der Waals surface area contributed by atoms with Crippen LogP contribution in [0.3, 0.4) is 0 Å². The Hall–Kier alpha value is -3.26. The Morgan fingerprint density at radius 3 is 2.76 bits per heavy atom. The number of aromatic nitrogens is 3. The first-order valence-corrected chi connectivity index (χ1v) is 10.0. The third-order valence-corrected chi connectivity index (χ3v) is 5.69. The topological polar surface area (TPSA) is 86.1 Å². The summed E-state index contributed by atoms with van der Waals surface area (Å²) in [4.78, 5) is 30.0. The number of esters is 1. The molecule has 8 heteroatoms. The molecule has 0 radical (unpaired) electrons. The van der Waals surface area contributed by atoms with Crippen LogP contribution >= 0.6 is 11.3 Å². The zero-order valence-corrected chi connectivity index (χ0v) is 17.4. The Morgan fingerprint density at radius 2 is 2.00 bits per heavy atom. The van der Waals surface area contributed by atoms with E-state index < -0.39 is 0 Å². The highest BCUT2D eigenvalue weighted by Crippen LogP contribution is 2.29. The normalized spacial score (nSPS) is 11.2. The van der Waals surface area contributed by atoms with Gasteiger partial charge in [-0.2, -0.15) is 5.10 Å². The Bertz CT molecular complexity index is 1270. The van der Waals surface area contributed by atoms with Crippen molar-refractivity contribution in [3.63, 3.8) is 0 Å². The molecule has 0 unspecified atom stereocenters. The number of hydrogen-bond acceptors (Lipinski definition) is 6. The minimum absolute atomic E-state index is 0.225. The second kappa shape index (κ2) is 7.29. The van der Waals surface area contributed by atoms with Crippen LogP contribution in [0.5, 0.6) is 0 Å². The summed E-state index contributed by atoms with van der Waals surface area (Å²) in [6.07, 6.45) is 0. The van der Waals surface area contributed by atoms with Gasteiger partial charge in [-0.1, -0.05) is 0 Å². The van der Waals surface area contributed by atoms with Crippen LogP contribution in [-0.4, -0.2) is 33.2 Å². The number of nitrogens with zero attached hydrogens (tertiary/aromatic N) is 3. The number of nitrogens with one attached hydrogen (secondary N) is 1. The maximum atomic E-state index is 13.0. The summed E-state index contributed by atoms with van der Waals surface area (Å²) in [6.45, 7) is 5.83. The number of thiophene rings is 1. The summed E-state index contributed by atoms with van der Waals surface area (Å²) in [5.41, 5.74) is 3.38. The number of anilines is 1. The van der Waals surface area contributed by atoms with E-state index in [0.29, 0.717) is 28.4 Å². The Morgan fingerprint density at radius 1 is 1.21 bits per heavy atom. The highest BCUT2D eigenvalue weighted by molar-refractivity contribution is 7.20. The molecule has 7 nitrogen and oxygen atoms in total. The molecule has 1 amide bonds. The van der Waals surface area contributed by atoms with Crippen molar-refractivity contribution < 1.29 is 14.3 Å². The molecule has 1 aromatic carbocycles. The van der Waals surface area contributed by atoms with E-state index in [1.54, 1.807) is 23.7 Å². The second-order valence-electron chi connectivity index (χ2n) is 6.76. The molecule has 0 spiro atoms. The van der Waals surface area contributed by atoms with Gasteiger partial charge >= 0.3 is 5.97 Å². The lowest BCUT2D eigenvalue weighted by Crippen LogP contribution is -2.13. The molecule has 4 rings (SSSR count). The van der Waals surface area contributed by atoms with Crippen LogP contribution in [0.15, 0.2) is 30.3 Å². The van der Waals surface area contributed by atoms with Gasteiger partial charge in [-0.3, -0.25) is 9.48 Å². The quantitative estimate of drug-likeness (QED) is 0.511. The molecule has 0 aliphatic rings. The summed E-state index contributed by atoms with van der Waals surface area (Å²) in [5.74, 6) is -0.558. The van der Waals surface area contributed by atoms with Crippen LogP contribution in [0.1, 0.15) is 38.3 Å². The minimum atomic E-state index is -0.332. The first-order chi connectivity index (χ1) is 13.9. The SMILES string of the molecule is CCOC(=O)c1cc2cc(NC(=O)c3cc(C)nc4c3c(C)nn4C)ccc2s1. The number of rotatable bonds is 4. The van der Waals surface area contributed by atoms with E-state index >= 15 is 0 Å². The van der Waals surface area contributed by atoms with Crippen LogP contribution in [0, 0.1) is 13.8 Å². The van der Waals surface area contributed by atoms with Gasteiger partial charge in [0.25, 0.3) is 5.91 Å². The van der Waals surface area contributed by atoms with Gasteiger partial charge < -0.3 is 10.1 Å². The molecule has 0 saturated carbocycles. The van der Waals surface area contributed by atoms with Crippen LogP contribution in [0.25, 0.3) is 21.1 Å². The van der Waals surface area contributed by atoms with E-state index in [1.807, 2.05) is 39.1 Å². The van der Waals surface area contributed by atoms with E-state index in [9.17, 15) is 9.59 Å². The molecule has 4 aromatic rings. The predicted molar refractivity (Wildman–Crippen MR) is 114 cm³/mol. The fourth-order valence-electron chi connectivity index (χ4n) is 3.37. The highest BCUT2D eigenvalue weighted by Gasteiger charge is 2.18. The van der Waals surface area contributed by atoms with E-state index in [0.717, 1.165) is 26.9 Å². The van der Waals surface area contributed by atoms with Crippen molar-refractivity contribution in [2.45, 2.75) is 20.8 Å². The summed E-state index contributed by atoms with van der Waals surface area (Å²) in [5, 5.41) is 8.97. The van der Waals surface area contributed by atoms with Crippen molar-refractivity contribution in [2.75, 3.05) is 11.9 Å².